The number of hydrogen-bond acceptors (Lipinski definition) is 4. The first kappa shape index (κ1) is 18.8. The first-order valence-electron chi connectivity index (χ1n) is 11.0. The number of nitrogens with zero attached hydrogens (tertiary/aromatic N) is 5. The quantitative estimate of drug-likeness (QED) is 0.757. The molecule has 3 fully saturated rings. The third-order valence-electron chi connectivity index (χ3n) is 7.06. The van der Waals surface area contributed by atoms with Crippen molar-refractivity contribution in [3.8, 4) is 0 Å². The van der Waals surface area contributed by atoms with Crippen LogP contribution >= 0.6 is 0 Å². The Kier molecular flexibility index (Phi) is 4.69. The van der Waals surface area contributed by atoms with Gasteiger partial charge in [0.15, 0.2) is 0 Å². The van der Waals surface area contributed by atoms with Gasteiger partial charge in [-0.3, -0.25) is 14.7 Å². The molecule has 154 valence electrons. The molecule has 2 aliphatic heterocycles. The van der Waals surface area contributed by atoms with E-state index >= 15 is 0 Å². The number of hydrogen-bond donors (Lipinski definition) is 0. The van der Waals surface area contributed by atoms with Crippen LogP contribution in [-0.2, 0) is 11.3 Å². The maximum absolute atomic E-state index is 13.7. The van der Waals surface area contributed by atoms with Gasteiger partial charge in [-0.25, -0.2) is 4.98 Å². The predicted molar refractivity (Wildman–Crippen MR) is 111 cm³/mol. The fraction of sp³-hybridized carbons (Fsp3) is 0.609. The molecule has 2 atom stereocenters. The molecule has 1 saturated carbocycles. The zero-order valence-electron chi connectivity index (χ0n) is 17.5. The molecule has 1 aliphatic carbocycles. The lowest BCUT2D eigenvalue weighted by Gasteiger charge is -2.28. The summed E-state index contributed by atoms with van der Waals surface area (Å²) in [7, 11) is 0. The lowest BCUT2D eigenvalue weighted by atomic mass is 9.75. The normalized spacial score (nSPS) is 27.6. The van der Waals surface area contributed by atoms with Crippen LogP contribution in [0.1, 0.15) is 56.3 Å². The number of amides is 1. The topological polar surface area (TPSA) is 54.3 Å². The second-order valence-electron chi connectivity index (χ2n) is 9.52. The second-order valence-corrected chi connectivity index (χ2v) is 9.52. The van der Waals surface area contributed by atoms with Crippen LogP contribution in [-0.4, -0.2) is 56.4 Å². The van der Waals surface area contributed by atoms with E-state index in [-0.39, 0.29) is 11.3 Å². The van der Waals surface area contributed by atoms with E-state index in [2.05, 4.69) is 51.5 Å². The van der Waals surface area contributed by atoms with E-state index in [4.69, 9.17) is 4.98 Å². The molecule has 3 aliphatic rings. The number of carbonyl (C=O) groups is 1. The summed E-state index contributed by atoms with van der Waals surface area (Å²) < 4.78 is 2.16. The van der Waals surface area contributed by atoms with Gasteiger partial charge in [0.1, 0.15) is 0 Å². The van der Waals surface area contributed by atoms with Crippen molar-refractivity contribution in [3.63, 3.8) is 0 Å². The highest BCUT2D eigenvalue weighted by molar-refractivity contribution is 5.87. The van der Waals surface area contributed by atoms with E-state index in [0.29, 0.717) is 11.9 Å². The van der Waals surface area contributed by atoms with Gasteiger partial charge < -0.3 is 9.47 Å². The van der Waals surface area contributed by atoms with Gasteiger partial charge >= 0.3 is 0 Å². The Morgan fingerprint density at radius 2 is 2.03 bits per heavy atom. The van der Waals surface area contributed by atoms with Crippen LogP contribution in [0.5, 0.6) is 0 Å². The SMILES string of the molecule is CC(C)n1cnc(C2CN(Cc3ccncc3)CC23CCN(CC2CC2)C3=O)c1. The summed E-state index contributed by atoms with van der Waals surface area (Å²) in [5.74, 6) is 1.27. The predicted octanol–water partition coefficient (Wildman–Crippen LogP) is 3.09. The molecular weight excluding hydrogens is 362 g/mol. The molecule has 2 saturated heterocycles. The number of pyridine rings is 1. The first-order chi connectivity index (χ1) is 14.0. The minimum Gasteiger partial charge on any atom is -0.342 e. The Morgan fingerprint density at radius 1 is 1.24 bits per heavy atom. The second kappa shape index (κ2) is 7.24. The zero-order chi connectivity index (χ0) is 20.0. The first-order valence-corrected chi connectivity index (χ1v) is 11.0. The molecule has 2 aromatic rings. The molecular formula is C23H31N5O. The summed E-state index contributed by atoms with van der Waals surface area (Å²) in [5, 5.41) is 0. The van der Waals surface area contributed by atoms with Crippen LogP contribution in [0.2, 0.25) is 0 Å². The largest absolute Gasteiger partial charge is 0.342 e. The molecule has 1 spiro atoms. The Labute approximate surface area is 172 Å². The van der Waals surface area contributed by atoms with E-state index in [9.17, 15) is 4.79 Å². The van der Waals surface area contributed by atoms with Gasteiger partial charge in [-0.05, 0) is 56.7 Å². The molecule has 4 heterocycles. The number of aromatic nitrogens is 3. The Bertz CT molecular complexity index is 874. The molecule has 2 aromatic heterocycles. The van der Waals surface area contributed by atoms with Crippen molar-refractivity contribution in [2.75, 3.05) is 26.2 Å². The summed E-state index contributed by atoms with van der Waals surface area (Å²) in [5.41, 5.74) is 2.01. The van der Waals surface area contributed by atoms with Crippen molar-refractivity contribution >= 4 is 5.91 Å². The van der Waals surface area contributed by atoms with E-state index in [1.807, 2.05) is 18.7 Å². The average molecular weight is 394 g/mol. The summed E-state index contributed by atoms with van der Waals surface area (Å²) in [6, 6.07) is 4.53. The van der Waals surface area contributed by atoms with Crippen LogP contribution < -0.4 is 0 Å². The van der Waals surface area contributed by atoms with Gasteiger partial charge in [-0.15, -0.1) is 0 Å². The fourth-order valence-electron chi connectivity index (χ4n) is 5.18. The van der Waals surface area contributed by atoms with Crippen molar-refractivity contribution in [2.24, 2.45) is 11.3 Å². The number of rotatable bonds is 6. The molecule has 0 aromatic carbocycles. The van der Waals surface area contributed by atoms with Crippen LogP contribution in [0, 0.1) is 11.3 Å². The van der Waals surface area contributed by atoms with Crippen molar-refractivity contribution in [2.45, 2.75) is 51.6 Å². The molecule has 6 nitrogen and oxygen atoms in total. The highest BCUT2D eigenvalue weighted by atomic mass is 16.2. The van der Waals surface area contributed by atoms with E-state index in [1.54, 1.807) is 0 Å². The third kappa shape index (κ3) is 3.48. The molecule has 2 unspecified atom stereocenters. The zero-order valence-corrected chi connectivity index (χ0v) is 17.5. The van der Waals surface area contributed by atoms with E-state index in [1.165, 1.54) is 18.4 Å². The number of likely N-dealkylation sites (tertiary alicyclic amines) is 2. The van der Waals surface area contributed by atoms with Crippen molar-refractivity contribution in [3.05, 3.63) is 48.3 Å². The number of imidazole rings is 1. The highest BCUT2D eigenvalue weighted by Crippen LogP contribution is 2.50. The average Bonchev–Trinajstić information content (AvgIpc) is 3.13. The van der Waals surface area contributed by atoms with E-state index in [0.717, 1.165) is 50.8 Å². The standard InChI is InChI=1S/C23H31N5O/c1-17(2)28-14-21(25-16-28)20-13-26(11-19-5-8-24-9-6-19)15-23(20)7-10-27(22(23)29)12-18-3-4-18/h5-6,8-9,14,16-18,20H,3-4,7,10-13,15H2,1-2H3. The summed E-state index contributed by atoms with van der Waals surface area (Å²) >= 11 is 0. The van der Waals surface area contributed by atoms with Gasteiger partial charge in [0, 0.05) is 63.3 Å². The van der Waals surface area contributed by atoms with Gasteiger partial charge in [-0.2, -0.15) is 0 Å². The third-order valence-corrected chi connectivity index (χ3v) is 7.06. The molecule has 1 amide bonds. The van der Waals surface area contributed by atoms with Crippen LogP contribution in [0.3, 0.4) is 0 Å². The molecule has 5 rings (SSSR count). The highest BCUT2D eigenvalue weighted by Gasteiger charge is 2.58. The van der Waals surface area contributed by atoms with Gasteiger partial charge in [0.25, 0.3) is 0 Å². The Morgan fingerprint density at radius 3 is 2.72 bits per heavy atom. The van der Waals surface area contributed by atoms with Crippen molar-refractivity contribution in [1.82, 2.24) is 24.3 Å². The summed E-state index contributed by atoms with van der Waals surface area (Å²) in [4.78, 5) is 27.2. The molecule has 6 heteroatoms. The minimum absolute atomic E-state index is 0.168. The lowest BCUT2D eigenvalue weighted by Crippen LogP contribution is -2.40. The van der Waals surface area contributed by atoms with Crippen LogP contribution in [0.4, 0.5) is 0 Å². The monoisotopic (exact) mass is 393 g/mol. The van der Waals surface area contributed by atoms with Crippen molar-refractivity contribution < 1.29 is 4.79 Å². The summed E-state index contributed by atoms with van der Waals surface area (Å²) in [6.45, 7) is 8.78. The molecule has 0 radical (unpaired) electrons. The fourth-order valence-corrected chi connectivity index (χ4v) is 5.18. The van der Waals surface area contributed by atoms with Gasteiger partial charge in [-0.1, -0.05) is 0 Å². The van der Waals surface area contributed by atoms with Gasteiger partial charge in [0.05, 0.1) is 17.4 Å². The Hall–Kier alpha value is -2.21. The lowest BCUT2D eigenvalue weighted by molar-refractivity contribution is -0.136. The molecule has 0 bridgehead atoms. The summed E-state index contributed by atoms with van der Waals surface area (Å²) in [6.07, 6.45) is 11.3. The van der Waals surface area contributed by atoms with Crippen LogP contribution in [0.25, 0.3) is 0 Å². The van der Waals surface area contributed by atoms with Crippen LogP contribution in [0.15, 0.2) is 37.1 Å². The Balaban J connectivity index is 1.43. The maximum atomic E-state index is 13.7. The minimum atomic E-state index is -0.321. The molecule has 29 heavy (non-hydrogen) atoms. The smallest absolute Gasteiger partial charge is 0.230 e. The maximum Gasteiger partial charge on any atom is 0.230 e. The van der Waals surface area contributed by atoms with E-state index < -0.39 is 0 Å². The number of carbonyl (C=O) groups excluding carboxylic acids is 1. The molecule has 0 N–H and O–H groups in total. The van der Waals surface area contributed by atoms with Crippen molar-refractivity contribution in [1.29, 1.82) is 0 Å². The van der Waals surface area contributed by atoms with Gasteiger partial charge in [0.2, 0.25) is 5.91 Å².